The van der Waals surface area contributed by atoms with Gasteiger partial charge in [0.2, 0.25) is 0 Å². The largest absolute Gasteiger partial charge is 0.504 e. The van der Waals surface area contributed by atoms with E-state index in [1.165, 1.54) is 7.05 Å². The van der Waals surface area contributed by atoms with Gasteiger partial charge in [-0.3, -0.25) is 0 Å². The summed E-state index contributed by atoms with van der Waals surface area (Å²) in [6.07, 6.45) is 1.05. The van der Waals surface area contributed by atoms with Gasteiger partial charge in [-0.1, -0.05) is 0 Å². The van der Waals surface area contributed by atoms with Gasteiger partial charge < -0.3 is 14.4 Å². The predicted molar refractivity (Wildman–Crippen MR) is 56.1 cm³/mol. The monoisotopic (exact) mass is 267 g/mol. The average molecular weight is 268 g/mol. The van der Waals surface area contributed by atoms with Crippen LogP contribution in [0.3, 0.4) is 0 Å². The summed E-state index contributed by atoms with van der Waals surface area (Å²) in [5.74, 6) is -1.51. The van der Waals surface area contributed by atoms with E-state index in [4.69, 9.17) is 10.7 Å². The van der Waals surface area contributed by atoms with Gasteiger partial charge in [0.25, 0.3) is 9.05 Å². The van der Waals surface area contributed by atoms with Gasteiger partial charge in [0.05, 0.1) is 6.61 Å². The number of ether oxygens (including phenoxy) is 1. The molecule has 0 aliphatic heterocycles. The molecule has 0 fully saturated rings. The molecule has 8 heteroatoms. The molecule has 0 amide bonds. The van der Waals surface area contributed by atoms with E-state index in [0.29, 0.717) is 0 Å². The fraction of sp³-hybridized carbons (Fsp3) is 0.375. The molecule has 0 aliphatic carbocycles. The first kappa shape index (κ1) is 12.9. The van der Waals surface area contributed by atoms with Crippen molar-refractivity contribution in [1.82, 2.24) is 4.57 Å². The van der Waals surface area contributed by atoms with Gasteiger partial charge in [0.1, 0.15) is 4.90 Å². The standard InChI is InChI=1S/C8H10ClNO5S/c1-3-15-8(12)6-7(11)5(4-10(6)2)16(9,13)14/h4,11H,3H2,1-2H3. The molecule has 0 saturated carbocycles. The third kappa shape index (κ3) is 2.30. The van der Waals surface area contributed by atoms with Crippen LogP contribution in [0.1, 0.15) is 17.4 Å². The molecule has 6 nitrogen and oxygen atoms in total. The number of halogens is 1. The Morgan fingerprint density at radius 2 is 2.19 bits per heavy atom. The molecule has 0 aliphatic rings. The molecular weight excluding hydrogens is 258 g/mol. The summed E-state index contributed by atoms with van der Waals surface area (Å²) in [6, 6.07) is 0. The number of hydrogen-bond donors (Lipinski definition) is 1. The lowest BCUT2D eigenvalue weighted by atomic mass is 10.4. The lowest BCUT2D eigenvalue weighted by molar-refractivity contribution is 0.0511. The Morgan fingerprint density at radius 1 is 1.62 bits per heavy atom. The highest BCUT2D eigenvalue weighted by atomic mass is 35.7. The predicted octanol–water partition coefficient (Wildman–Crippen LogP) is 0.835. The summed E-state index contributed by atoms with van der Waals surface area (Å²) in [5.41, 5.74) is -0.249. The zero-order chi connectivity index (χ0) is 12.5. The molecule has 1 aromatic rings. The topological polar surface area (TPSA) is 85.6 Å². The minimum absolute atomic E-state index is 0.117. The van der Waals surface area contributed by atoms with Crippen LogP contribution in [0.15, 0.2) is 11.1 Å². The Balaban J connectivity index is 3.34. The maximum absolute atomic E-state index is 11.4. The minimum atomic E-state index is -4.09. The van der Waals surface area contributed by atoms with E-state index in [9.17, 15) is 18.3 Å². The van der Waals surface area contributed by atoms with Gasteiger partial charge in [0, 0.05) is 23.9 Å². The second kappa shape index (κ2) is 4.34. The highest BCUT2D eigenvalue weighted by Crippen LogP contribution is 2.31. The zero-order valence-electron chi connectivity index (χ0n) is 8.60. The maximum atomic E-state index is 11.4. The second-order valence-electron chi connectivity index (χ2n) is 2.96. The van der Waals surface area contributed by atoms with Gasteiger partial charge in [-0.15, -0.1) is 0 Å². The quantitative estimate of drug-likeness (QED) is 0.648. The maximum Gasteiger partial charge on any atom is 0.358 e. The fourth-order valence-corrected chi connectivity index (χ4v) is 2.15. The third-order valence-corrected chi connectivity index (χ3v) is 3.18. The van der Waals surface area contributed by atoms with E-state index in [1.807, 2.05) is 0 Å². The highest BCUT2D eigenvalue weighted by Gasteiger charge is 2.27. The van der Waals surface area contributed by atoms with Crippen LogP contribution in [0.4, 0.5) is 0 Å². The van der Waals surface area contributed by atoms with Gasteiger partial charge in [-0.25, -0.2) is 13.2 Å². The van der Waals surface area contributed by atoms with Crippen molar-refractivity contribution in [3.63, 3.8) is 0 Å². The number of esters is 1. The molecule has 0 aromatic carbocycles. The summed E-state index contributed by atoms with van der Waals surface area (Å²) in [4.78, 5) is 10.9. The van der Waals surface area contributed by atoms with Crippen molar-refractivity contribution in [2.75, 3.05) is 6.61 Å². The molecule has 16 heavy (non-hydrogen) atoms. The molecule has 90 valence electrons. The smallest absolute Gasteiger partial charge is 0.358 e. The molecule has 0 bridgehead atoms. The molecule has 1 heterocycles. The second-order valence-corrected chi connectivity index (χ2v) is 5.49. The Kier molecular flexibility index (Phi) is 3.49. The van der Waals surface area contributed by atoms with Crippen LogP contribution in [0.25, 0.3) is 0 Å². The van der Waals surface area contributed by atoms with E-state index in [0.717, 1.165) is 10.8 Å². The number of nitrogens with zero attached hydrogens (tertiary/aromatic N) is 1. The van der Waals surface area contributed by atoms with Crippen LogP contribution in [-0.4, -0.2) is 30.7 Å². The van der Waals surface area contributed by atoms with Crippen LogP contribution < -0.4 is 0 Å². The molecule has 0 radical (unpaired) electrons. The first-order chi connectivity index (χ1) is 7.29. The number of aromatic hydroxyl groups is 1. The first-order valence-corrected chi connectivity index (χ1v) is 6.60. The Hall–Kier alpha value is -1.21. The molecule has 0 unspecified atom stereocenters. The van der Waals surface area contributed by atoms with Gasteiger partial charge in [-0.2, -0.15) is 0 Å². The van der Waals surface area contributed by atoms with Crippen LogP contribution >= 0.6 is 10.7 Å². The van der Waals surface area contributed by atoms with Gasteiger partial charge in [-0.05, 0) is 6.92 Å². The van der Waals surface area contributed by atoms with Crippen LogP contribution in [-0.2, 0) is 20.8 Å². The normalized spacial score (nSPS) is 11.4. The van der Waals surface area contributed by atoms with Crippen LogP contribution in [0, 0.1) is 0 Å². The third-order valence-electron chi connectivity index (χ3n) is 1.85. The lowest BCUT2D eigenvalue weighted by Crippen LogP contribution is -2.09. The summed E-state index contributed by atoms with van der Waals surface area (Å²) in [6.45, 7) is 1.71. The Labute approximate surface area is 96.8 Å². The average Bonchev–Trinajstić information content (AvgIpc) is 2.41. The van der Waals surface area contributed by atoms with Crippen molar-refractivity contribution < 1.29 is 23.1 Å². The summed E-state index contributed by atoms with van der Waals surface area (Å²) >= 11 is 0. The number of carbonyl (C=O) groups is 1. The Morgan fingerprint density at radius 3 is 2.56 bits per heavy atom. The van der Waals surface area contributed by atoms with E-state index in [1.54, 1.807) is 6.92 Å². The summed E-state index contributed by atoms with van der Waals surface area (Å²) in [7, 11) is 2.39. The van der Waals surface area contributed by atoms with Crippen molar-refractivity contribution in [3.05, 3.63) is 11.9 Å². The van der Waals surface area contributed by atoms with Crippen LogP contribution in [0.2, 0.25) is 0 Å². The van der Waals surface area contributed by atoms with Crippen molar-refractivity contribution in [1.29, 1.82) is 0 Å². The van der Waals surface area contributed by atoms with E-state index >= 15 is 0 Å². The number of aromatic nitrogens is 1. The fourth-order valence-electron chi connectivity index (χ4n) is 1.20. The molecule has 1 N–H and O–H groups in total. The van der Waals surface area contributed by atoms with Crippen molar-refractivity contribution in [2.45, 2.75) is 11.8 Å². The van der Waals surface area contributed by atoms with Crippen LogP contribution in [0.5, 0.6) is 5.75 Å². The number of aryl methyl sites for hydroxylation is 1. The van der Waals surface area contributed by atoms with Crippen molar-refractivity contribution in [3.8, 4) is 5.75 Å². The number of rotatable bonds is 3. The van der Waals surface area contributed by atoms with Gasteiger partial charge in [0.15, 0.2) is 11.4 Å². The lowest BCUT2D eigenvalue weighted by Gasteiger charge is -2.02. The van der Waals surface area contributed by atoms with E-state index in [-0.39, 0.29) is 12.3 Å². The van der Waals surface area contributed by atoms with E-state index in [2.05, 4.69) is 4.74 Å². The SMILES string of the molecule is CCOC(=O)c1c(O)c(S(=O)(=O)Cl)cn1C. The molecule has 0 atom stereocenters. The molecule has 1 aromatic heterocycles. The number of carbonyl (C=O) groups excluding carboxylic acids is 1. The molecule has 0 spiro atoms. The highest BCUT2D eigenvalue weighted by molar-refractivity contribution is 8.13. The Bertz CT molecular complexity index is 519. The summed E-state index contributed by atoms with van der Waals surface area (Å²) < 4.78 is 27.9. The minimum Gasteiger partial charge on any atom is -0.504 e. The van der Waals surface area contributed by atoms with Gasteiger partial charge >= 0.3 is 5.97 Å². The molecule has 1 rings (SSSR count). The molecule has 0 saturated heterocycles. The van der Waals surface area contributed by atoms with Crippen molar-refractivity contribution in [2.24, 2.45) is 7.05 Å². The molecular formula is C8H10ClNO5S. The zero-order valence-corrected chi connectivity index (χ0v) is 10.2. The first-order valence-electron chi connectivity index (χ1n) is 4.29. The number of hydrogen-bond acceptors (Lipinski definition) is 5. The van der Waals surface area contributed by atoms with E-state index < -0.39 is 25.7 Å². The summed E-state index contributed by atoms with van der Waals surface area (Å²) in [5, 5.41) is 9.56. The van der Waals surface area contributed by atoms with Crippen molar-refractivity contribution >= 4 is 25.7 Å².